The fourth-order valence-electron chi connectivity index (χ4n) is 7.91. The fourth-order valence-corrected chi connectivity index (χ4v) is 12.1. The molecule has 0 heterocycles. The molecule has 143 valence electrons. The number of carbonyl (C=O) groups excluding carboxylic acids is 1. The van der Waals surface area contributed by atoms with Crippen LogP contribution < -0.4 is 28.6 Å². The summed E-state index contributed by atoms with van der Waals surface area (Å²) in [5.74, 6) is 3.22. The predicted octanol–water partition coefficient (Wildman–Crippen LogP) is -1.85. The molecular weight excluding hydrogens is 417 g/mol. The minimum absolute atomic E-state index is 0. The van der Waals surface area contributed by atoms with E-state index in [1.807, 2.05) is 20.7 Å². The van der Waals surface area contributed by atoms with Crippen molar-refractivity contribution < 1.29 is 50.3 Å². The van der Waals surface area contributed by atoms with Gasteiger partial charge in [-0.1, -0.05) is 0 Å². The normalized spacial score (nSPS) is 42.7. The molecule has 1 N–H and O–H groups in total. The summed E-state index contributed by atoms with van der Waals surface area (Å²) in [6.45, 7) is 9.72. The van der Waals surface area contributed by atoms with Gasteiger partial charge in [0, 0.05) is 0 Å². The van der Waals surface area contributed by atoms with Gasteiger partial charge in [0.1, 0.15) is 0 Å². The summed E-state index contributed by atoms with van der Waals surface area (Å²) in [4.78, 5) is 13.4. The third kappa shape index (κ3) is 2.71. The molecule has 0 aromatic rings. The molecule has 6 heteroatoms. The van der Waals surface area contributed by atoms with E-state index >= 15 is 0 Å². The Balaban J connectivity index is 0.00000121. The SMILES string of the molecule is CC1=C(C2([SiH](C)C)C3CC4CC(C3)CC2(C(=O)[NH][Ti+2])C4)C(C)C=C1.[Cl-].[Cl-]. The van der Waals surface area contributed by atoms with Crippen molar-refractivity contribution in [1.29, 1.82) is 0 Å². The largest absolute Gasteiger partial charge is 1.00 e. The third-order valence-electron chi connectivity index (χ3n) is 8.03. The van der Waals surface area contributed by atoms with Crippen LogP contribution in [0.1, 0.15) is 46.0 Å². The summed E-state index contributed by atoms with van der Waals surface area (Å²) in [5, 5.41) is 0.188. The van der Waals surface area contributed by atoms with E-state index in [9.17, 15) is 4.79 Å². The topological polar surface area (TPSA) is 29.1 Å². The molecule has 0 aliphatic heterocycles. The maximum atomic E-state index is 13.4. The van der Waals surface area contributed by atoms with Crippen LogP contribution in [-0.4, -0.2) is 14.7 Å². The van der Waals surface area contributed by atoms with E-state index in [0.29, 0.717) is 11.8 Å². The predicted molar refractivity (Wildman–Crippen MR) is 96.7 cm³/mol. The van der Waals surface area contributed by atoms with Gasteiger partial charge in [0.25, 0.3) is 0 Å². The van der Waals surface area contributed by atoms with E-state index in [2.05, 4.69) is 42.9 Å². The smallest absolute Gasteiger partial charge is 1.00 e. The minimum atomic E-state index is -1.10. The molecule has 0 radical (unpaired) electrons. The average Bonchev–Trinajstić information content (AvgIpc) is 2.85. The van der Waals surface area contributed by atoms with Crippen LogP contribution in [0.5, 0.6) is 0 Å². The molecule has 4 atom stereocenters. The summed E-state index contributed by atoms with van der Waals surface area (Å²) < 4.78 is 3.13. The van der Waals surface area contributed by atoms with Crippen molar-refractivity contribution in [1.82, 2.24) is 3.80 Å². The van der Waals surface area contributed by atoms with Crippen molar-refractivity contribution in [2.45, 2.75) is 64.1 Å². The van der Waals surface area contributed by atoms with E-state index in [4.69, 9.17) is 0 Å². The summed E-state index contributed by atoms with van der Waals surface area (Å²) in [5.41, 5.74) is 3.02. The van der Waals surface area contributed by atoms with Gasteiger partial charge < -0.3 is 24.8 Å². The number of carbonyl (C=O) groups is 1. The number of hydrogen-bond donors (Lipinski definition) is 1. The molecule has 0 spiro atoms. The van der Waals surface area contributed by atoms with Crippen LogP contribution in [0.4, 0.5) is 0 Å². The molecule has 0 saturated heterocycles. The molecule has 5 rings (SSSR count). The van der Waals surface area contributed by atoms with Gasteiger partial charge in [-0.05, 0) is 0 Å². The molecule has 0 aromatic carbocycles. The van der Waals surface area contributed by atoms with Crippen LogP contribution in [0, 0.1) is 29.1 Å². The van der Waals surface area contributed by atoms with E-state index < -0.39 is 8.80 Å². The Morgan fingerprint density at radius 2 is 1.77 bits per heavy atom. The molecule has 4 bridgehead atoms. The summed E-state index contributed by atoms with van der Waals surface area (Å²) in [6, 6.07) is 0. The van der Waals surface area contributed by atoms with Gasteiger partial charge in [0.05, 0.1) is 0 Å². The average molecular weight is 447 g/mol. The van der Waals surface area contributed by atoms with Crippen molar-refractivity contribution in [2.75, 3.05) is 0 Å². The Bertz CT molecular complexity index is 636. The van der Waals surface area contributed by atoms with Crippen LogP contribution in [0.3, 0.4) is 0 Å². The zero-order valence-corrected chi connectivity index (χ0v) is 20.5. The number of allylic oxidation sites excluding steroid dienone is 4. The molecular formula is C20H30Cl2NOSiTi. The monoisotopic (exact) mass is 446 g/mol. The maximum Gasteiger partial charge on any atom is -1.00 e. The van der Waals surface area contributed by atoms with Crippen LogP contribution in [-0.2, 0) is 25.5 Å². The Morgan fingerprint density at radius 1 is 1.19 bits per heavy atom. The number of halogens is 2. The van der Waals surface area contributed by atoms with E-state index in [-0.39, 0.29) is 35.3 Å². The Morgan fingerprint density at radius 3 is 2.19 bits per heavy atom. The van der Waals surface area contributed by atoms with Crippen molar-refractivity contribution in [3.8, 4) is 0 Å². The second-order valence-electron chi connectivity index (χ2n) is 9.35. The van der Waals surface area contributed by atoms with Gasteiger partial charge in [0.2, 0.25) is 0 Å². The van der Waals surface area contributed by atoms with Gasteiger partial charge in [0.15, 0.2) is 0 Å². The van der Waals surface area contributed by atoms with Crippen LogP contribution in [0.15, 0.2) is 23.3 Å². The van der Waals surface area contributed by atoms with Crippen molar-refractivity contribution >= 4 is 14.7 Å². The molecule has 5 aliphatic carbocycles. The Labute approximate surface area is 184 Å². The third-order valence-corrected chi connectivity index (χ3v) is 11.5. The number of rotatable bonds is 3. The first kappa shape index (κ1) is 22.7. The molecule has 5 aliphatic rings. The number of hydrogen-bond acceptors (Lipinski definition) is 1. The second-order valence-corrected chi connectivity index (χ2v) is 13.0. The summed E-state index contributed by atoms with van der Waals surface area (Å²) >= 11 is 1.87. The Kier molecular flexibility index (Phi) is 6.74. The summed E-state index contributed by atoms with van der Waals surface area (Å²) in [6.07, 6.45) is 11.2. The zero-order chi connectivity index (χ0) is 17.3. The number of nitrogens with one attached hydrogen (secondary N) is 1. The van der Waals surface area contributed by atoms with Gasteiger partial charge in [-0.3, -0.25) is 0 Å². The molecule has 2 nitrogen and oxygen atoms in total. The van der Waals surface area contributed by atoms with Crippen LogP contribution in [0.2, 0.25) is 18.1 Å². The quantitative estimate of drug-likeness (QED) is 0.506. The fraction of sp³-hybridized carbons (Fsp3) is 0.750. The van der Waals surface area contributed by atoms with Gasteiger partial charge in [-0.15, -0.1) is 0 Å². The molecule has 1 amide bonds. The van der Waals surface area contributed by atoms with E-state index in [0.717, 1.165) is 30.6 Å². The molecule has 4 unspecified atom stereocenters. The van der Waals surface area contributed by atoms with E-state index in [1.165, 1.54) is 24.8 Å². The Hall–Kier alpha value is 0.461. The minimum Gasteiger partial charge on any atom is -1.00 e. The maximum absolute atomic E-state index is 13.4. The first-order chi connectivity index (χ1) is 11.4. The van der Waals surface area contributed by atoms with E-state index in [1.54, 1.807) is 5.57 Å². The standard InChI is InChI=1S/C20H31NOSi.2ClH.Ti/c1-12-5-6-13(2)17(12)20(23(3)4)16-8-14-7-15(9-16)11-19(20,10-14)18(21)22;;;/h5-6,12,14-16,23H,7-11H2,1-4H3,(H2,21,22);2*1H;/q;;;+3/p-3. The zero-order valence-electron chi connectivity index (χ0n) is 16.2. The molecule has 4 saturated carbocycles. The second kappa shape index (κ2) is 7.71. The van der Waals surface area contributed by atoms with Gasteiger partial charge in [-0.2, -0.15) is 0 Å². The van der Waals surface area contributed by atoms with Crippen LogP contribution >= 0.6 is 0 Å². The molecule has 0 aromatic heterocycles. The van der Waals surface area contributed by atoms with Crippen molar-refractivity contribution in [2.24, 2.45) is 29.1 Å². The number of amides is 1. The first-order valence-corrected chi connectivity index (χ1v) is 13.4. The van der Waals surface area contributed by atoms with Gasteiger partial charge in [-0.25, -0.2) is 0 Å². The van der Waals surface area contributed by atoms with Crippen molar-refractivity contribution in [3.63, 3.8) is 0 Å². The van der Waals surface area contributed by atoms with Gasteiger partial charge >= 0.3 is 160 Å². The van der Waals surface area contributed by atoms with Crippen molar-refractivity contribution in [3.05, 3.63) is 23.3 Å². The first-order valence-electron chi connectivity index (χ1n) is 9.73. The van der Waals surface area contributed by atoms with Crippen LogP contribution in [0.25, 0.3) is 0 Å². The molecule has 4 fully saturated rings. The molecule has 26 heavy (non-hydrogen) atoms. The summed E-state index contributed by atoms with van der Waals surface area (Å²) in [7, 11) is -1.10.